The Morgan fingerprint density at radius 3 is 2.81 bits per heavy atom. The van der Waals surface area contributed by atoms with E-state index in [4.69, 9.17) is 4.74 Å². The number of aromatic nitrogens is 4. The zero-order valence-corrected chi connectivity index (χ0v) is 17.5. The summed E-state index contributed by atoms with van der Waals surface area (Å²) in [4.78, 5) is 36.3. The molecule has 0 aliphatic heterocycles. The van der Waals surface area contributed by atoms with Gasteiger partial charge in [-0.3, -0.25) is 13.5 Å². The number of nitrogens with one attached hydrogen (secondary N) is 1. The van der Waals surface area contributed by atoms with Crippen molar-refractivity contribution in [2.75, 3.05) is 7.11 Å². The van der Waals surface area contributed by atoms with E-state index in [1.165, 1.54) is 22.6 Å². The molecule has 0 radical (unpaired) electrons. The molecule has 0 atom stereocenters. The molecule has 10 heteroatoms. The first-order chi connectivity index (χ1) is 15.0. The number of fused-ring (bicyclic) bond motifs is 1. The fourth-order valence-electron chi connectivity index (χ4n) is 3.10. The summed E-state index contributed by atoms with van der Waals surface area (Å²) in [6, 6.07) is 14.3. The van der Waals surface area contributed by atoms with Gasteiger partial charge in [-0.2, -0.15) is 0 Å². The maximum Gasteiger partial charge on any atom is 0.337 e. The zero-order chi connectivity index (χ0) is 21.8. The molecular formula is C21H19N5O4S. The number of rotatable bonds is 7. The van der Waals surface area contributed by atoms with Crippen LogP contribution in [0.4, 0.5) is 0 Å². The van der Waals surface area contributed by atoms with Crippen molar-refractivity contribution >= 4 is 33.5 Å². The minimum absolute atomic E-state index is 0.0490. The second kappa shape index (κ2) is 8.92. The van der Waals surface area contributed by atoms with Crippen LogP contribution in [0, 0.1) is 0 Å². The third kappa shape index (κ3) is 4.69. The highest BCUT2D eigenvalue weighted by molar-refractivity contribution is 7.13. The molecule has 0 saturated carbocycles. The van der Waals surface area contributed by atoms with Crippen LogP contribution in [0.2, 0.25) is 0 Å². The number of amides is 1. The number of carbonyl (C=O) groups excluding carboxylic acids is 2. The van der Waals surface area contributed by atoms with Gasteiger partial charge in [-0.15, -0.1) is 5.10 Å². The van der Waals surface area contributed by atoms with Crippen molar-refractivity contribution in [1.82, 2.24) is 24.3 Å². The van der Waals surface area contributed by atoms with Gasteiger partial charge in [0.25, 0.3) is 5.56 Å². The number of hydrogen-bond donors (Lipinski definition) is 1. The molecule has 0 unspecified atom stereocenters. The van der Waals surface area contributed by atoms with Crippen LogP contribution in [-0.2, 0) is 29.2 Å². The van der Waals surface area contributed by atoms with Crippen LogP contribution in [0.25, 0.3) is 10.1 Å². The van der Waals surface area contributed by atoms with Gasteiger partial charge >= 0.3 is 5.97 Å². The Hall–Kier alpha value is -3.79. The highest BCUT2D eigenvalue weighted by atomic mass is 32.1. The number of ether oxygens (including phenoxy) is 1. The summed E-state index contributed by atoms with van der Waals surface area (Å²) in [5.74, 6) is -0.685. The zero-order valence-electron chi connectivity index (χ0n) is 16.6. The van der Waals surface area contributed by atoms with Crippen molar-refractivity contribution in [3.05, 3.63) is 81.9 Å². The van der Waals surface area contributed by atoms with Crippen molar-refractivity contribution in [1.29, 1.82) is 0 Å². The maximum atomic E-state index is 12.3. The Balaban J connectivity index is 1.35. The summed E-state index contributed by atoms with van der Waals surface area (Å²) in [5.41, 5.74) is 1.74. The van der Waals surface area contributed by atoms with Crippen LogP contribution in [0.3, 0.4) is 0 Å². The van der Waals surface area contributed by atoms with E-state index in [-0.39, 0.29) is 24.6 Å². The van der Waals surface area contributed by atoms with Gasteiger partial charge < -0.3 is 10.1 Å². The molecule has 2 aromatic heterocycles. The summed E-state index contributed by atoms with van der Waals surface area (Å²) >= 11 is 1.26. The average Bonchev–Trinajstić information content (AvgIpc) is 3.36. The standard InChI is InChI=1S/C21H19N5O4S/c1-30-21(29)15-6-4-5-14(9-15)11-25-12-16(23-24-25)10-22-19(27)13-26-20(28)17-7-2-3-8-18(17)31-26/h2-9,12H,10-11,13H2,1H3,(H,22,27). The van der Waals surface area contributed by atoms with Gasteiger partial charge in [-0.05, 0) is 29.8 Å². The molecule has 0 aliphatic carbocycles. The van der Waals surface area contributed by atoms with Gasteiger partial charge in [-0.1, -0.05) is 41.0 Å². The predicted octanol–water partition coefficient (Wildman–Crippen LogP) is 1.81. The molecule has 0 saturated heterocycles. The Morgan fingerprint density at radius 1 is 1.16 bits per heavy atom. The van der Waals surface area contributed by atoms with Crippen molar-refractivity contribution < 1.29 is 14.3 Å². The Kier molecular flexibility index (Phi) is 5.89. The first kappa shape index (κ1) is 20.5. The summed E-state index contributed by atoms with van der Waals surface area (Å²) in [6.07, 6.45) is 1.72. The monoisotopic (exact) mass is 437 g/mol. The summed E-state index contributed by atoms with van der Waals surface area (Å²) in [7, 11) is 1.34. The molecule has 158 valence electrons. The summed E-state index contributed by atoms with van der Waals surface area (Å²) in [5, 5.41) is 11.5. The van der Waals surface area contributed by atoms with E-state index in [1.54, 1.807) is 41.2 Å². The molecule has 31 heavy (non-hydrogen) atoms. The van der Waals surface area contributed by atoms with Gasteiger partial charge in [0, 0.05) is 0 Å². The molecule has 0 aliphatic rings. The van der Waals surface area contributed by atoms with Gasteiger partial charge in [0.1, 0.15) is 12.2 Å². The first-order valence-corrected chi connectivity index (χ1v) is 10.2. The quantitative estimate of drug-likeness (QED) is 0.442. The van der Waals surface area contributed by atoms with E-state index in [2.05, 4.69) is 15.6 Å². The third-order valence-corrected chi connectivity index (χ3v) is 5.65. The third-order valence-electron chi connectivity index (χ3n) is 4.59. The molecule has 1 N–H and O–H groups in total. The average molecular weight is 437 g/mol. The highest BCUT2D eigenvalue weighted by Gasteiger charge is 2.11. The van der Waals surface area contributed by atoms with Crippen LogP contribution in [0.1, 0.15) is 21.6 Å². The molecule has 2 aromatic carbocycles. The molecule has 2 heterocycles. The van der Waals surface area contributed by atoms with Crippen molar-refractivity contribution in [3.8, 4) is 0 Å². The molecule has 1 amide bonds. The molecular weight excluding hydrogens is 418 g/mol. The largest absolute Gasteiger partial charge is 0.465 e. The molecule has 0 fully saturated rings. The van der Waals surface area contributed by atoms with Gasteiger partial charge in [0.2, 0.25) is 5.91 Å². The van der Waals surface area contributed by atoms with Crippen LogP contribution in [-0.4, -0.2) is 37.9 Å². The maximum absolute atomic E-state index is 12.3. The molecule has 0 spiro atoms. The van der Waals surface area contributed by atoms with E-state index in [0.717, 1.165) is 10.3 Å². The Morgan fingerprint density at radius 2 is 2.00 bits per heavy atom. The number of hydrogen-bond acceptors (Lipinski definition) is 7. The first-order valence-electron chi connectivity index (χ1n) is 9.45. The number of methoxy groups -OCH3 is 1. The summed E-state index contributed by atoms with van der Waals surface area (Å²) < 4.78 is 8.63. The highest BCUT2D eigenvalue weighted by Crippen LogP contribution is 2.15. The van der Waals surface area contributed by atoms with Crippen molar-refractivity contribution in [2.45, 2.75) is 19.6 Å². The van der Waals surface area contributed by atoms with Crippen molar-refractivity contribution in [3.63, 3.8) is 0 Å². The molecule has 9 nitrogen and oxygen atoms in total. The van der Waals surface area contributed by atoms with Crippen LogP contribution < -0.4 is 10.9 Å². The SMILES string of the molecule is COC(=O)c1cccc(Cn2cc(CNC(=O)Cn3sc4ccccc4c3=O)nn2)c1. The Bertz CT molecular complexity index is 1310. The smallest absolute Gasteiger partial charge is 0.337 e. The Labute approximate surface area is 181 Å². The van der Waals surface area contributed by atoms with Crippen LogP contribution in [0.5, 0.6) is 0 Å². The predicted molar refractivity (Wildman–Crippen MR) is 115 cm³/mol. The molecule has 4 rings (SSSR count). The second-order valence-electron chi connectivity index (χ2n) is 6.81. The molecule has 4 aromatic rings. The lowest BCUT2D eigenvalue weighted by Crippen LogP contribution is -2.29. The normalized spacial score (nSPS) is 10.9. The lowest BCUT2D eigenvalue weighted by Gasteiger charge is -2.04. The minimum atomic E-state index is -0.401. The van der Waals surface area contributed by atoms with E-state index in [1.807, 2.05) is 18.2 Å². The molecule has 0 bridgehead atoms. The number of carbonyl (C=O) groups is 2. The summed E-state index contributed by atoms with van der Waals surface area (Å²) in [6.45, 7) is 0.566. The van der Waals surface area contributed by atoms with E-state index in [9.17, 15) is 14.4 Å². The number of nitrogens with zero attached hydrogens (tertiary/aromatic N) is 4. The number of benzene rings is 2. The van der Waals surface area contributed by atoms with Crippen LogP contribution >= 0.6 is 11.5 Å². The van der Waals surface area contributed by atoms with Crippen LogP contribution in [0.15, 0.2) is 59.5 Å². The fraction of sp³-hybridized carbons (Fsp3) is 0.190. The fourth-order valence-corrected chi connectivity index (χ4v) is 4.09. The topological polar surface area (TPSA) is 108 Å². The lowest BCUT2D eigenvalue weighted by atomic mass is 10.1. The van der Waals surface area contributed by atoms with E-state index in [0.29, 0.717) is 23.2 Å². The van der Waals surface area contributed by atoms with Gasteiger partial charge in [0.15, 0.2) is 0 Å². The van der Waals surface area contributed by atoms with Gasteiger partial charge in [0.05, 0.1) is 42.0 Å². The number of esters is 1. The minimum Gasteiger partial charge on any atom is -0.465 e. The van der Waals surface area contributed by atoms with Crippen molar-refractivity contribution in [2.24, 2.45) is 0 Å². The van der Waals surface area contributed by atoms with E-state index >= 15 is 0 Å². The van der Waals surface area contributed by atoms with E-state index < -0.39 is 5.97 Å². The lowest BCUT2D eigenvalue weighted by molar-refractivity contribution is -0.121. The van der Waals surface area contributed by atoms with Gasteiger partial charge in [-0.25, -0.2) is 9.48 Å². The second-order valence-corrected chi connectivity index (χ2v) is 7.87.